The molecule has 0 aromatic carbocycles. The summed E-state index contributed by atoms with van der Waals surface area (Å²) in [6.45, 7) is 6.77. The third-order valence-electron chi connectivity index (χ3n) is 7.10. The Morgan fingerprint density at radius 1 is 1.18 bits per heavy atom. The maximum Gasteiger partial charge on any atom is 0.508 e. The summed E-state index contributed by atoms with van der Waals surface area (Å²) >= 11 is 0. The number of aliphatic hydroxyl groups is 2. The molecule has 4 atom stereocenters. The summed E-state index contributed by atoms with van der Waals surface area (Å²) in [4.78, 5) is 36.9. The number of imidazole rings is 1. The molecule has 3 heterocycles. The summed E-state index contributed by atoms with van der Waals surface area (Å²) in [5.41, 5.74) is 6.68. The zero-order valence-corrected chi connectivity index (χ0v) is 23.1. The van der Waals surface area contributed by atoms with Gasteiger partial charge >= 0.3 is 6.16 Å². The molecule has 1 aliphatic heterocycles. The highest BCUT2D eigenvalue weighted by Gasteiger charge is 2.47. The number of rotatable bonds is 8. The lowest BCUT2D eigenvalue weighted by Gasteiger charge is -2.26. The van der Waals surface area contributed by atoms with Crippen molar-refractivity contribution in [1.82, 2.24) is 24.8 Å². The molecule has 2 aliphatic rings. The third kappa shape index (κ3) is 6.99. The van der Waals surface area contributed by atoms with E-state index >= 15 is 0 Å². The second-order valence-corrected chi connectivity index (χ2v) is 10.7. The van der Waals surface area contributed by atoms with E-state index in [1.165, 1.54) is 10.9 Å². The number of aliphatic hydroxyl groups excluding tert-OH is 2. The van der Waals surface area contributed by atoms with Gasteiger partial charge in [0, 0.05) is 13.0 Å². The Morgan fingerprint density at radius 2 is 1.90 bits per heavy atom. The molecule has 2 aromatic rings. The van der Waals surface area contributed by atoms with Gasteiger partial charge < -0.3 is 35.5 Å². The summed E-state index contributed by atoms with van der Waals surface area (Å²) in [6.07, 6.45) is 0.136. The Balaban J connectivity index is 1.35. The second-order valence-electron chi connectivity index (χ2n) is 10.7. The fourth-order valence-electron chi connectivity index (χ4n) is 4.90. The van der Waals surface area contributed by atoms with Gasteiger partial charge in [-0.05, 0) is 56.3 Å². The Labute approximate surface area is 232 Å². The molecule has 2 aromatic heterocycles. The van der Waals surface area contributed by atoms with Crippen LogP contribution in [0.25, 0.3) is 11.2 Å². The van der Waals surface area contributed by atoms with E-state index in [4.69, 9.17) is 19.9 Å². The van der Waals surface area contributed by atoms with E-state index in [1.807, 2.05) is 13.8 Å². The summed E-state index contributed by atoms with van der Waals surface area (Å²) in [7, 11) is 0. The molecule has 1 saturated heterocycles. The summed E-state index contributed by atoms with van der Waals surface area (Å²) in [5.74, 6) is 6.92. The van der Waals surface area contributed by atoms with E-state index in [0.717, 1.165) is 25.7 Å². The van der Waals surface area contributed by atoms with Gasteiger partial charge in [-0.3, -0.25) is 9.36 Å². The number of ether oxygens (including phenoxy) is 3. The quantitative estimate of drug-likeness (QED) is 0.272. The van der Waals surface area contributed by atoms with Crippen LogP contribution >= 0.6 is 0 Å². The van der Waals surface area contributed by atoms with E-state index in [0.29, 0.717) is 43.5 Å². The Hall–Kier alpha value is -3.47. The lowest BCUT2D eigenvalue weighted by atomic mass is 9.81. The van der Waals surface area contributed by atoms with Gasteiger partial charge in [0.15, 0.2) is 23.8 Å². The van der Waals surface area contributed by atoms with Crippen LogP contribution in [0.4, 0.5) is 10.6 Å². The van der Waals surface area contributed by atoms with Gasteiger partial charge in [0.05, 0.1) is 19.5 Å². The highest BCUT2D eigenvalue weighted by Crippen LogP contribution is 2.33. The molecule has 13 nitrogen and oxygen atoms in total. The fraction of sp³-hybridized carbons (Fsp3) is 0.667. The zero-order valence-electron chi connectivity index (χ0n) is 23.1. The molecule has 1 amide bonds. The number of hydrogen-bond donors (Lipinski definition) is 4. The zero-order chi connectivity index (χ0) is 28.8. The molecular formula is C27H38N6O7. The van der Waals surface area contributed by atoms with Crippen LogP contribution in [0.1, 0.15) is 64.9 Å². The number of carbonyl (C=O) groups is 2. The van der Waals surface area contributed by atoms with E-state index < -0.39 is 36.6 Å². The van der Waals surface area contributed by atoms with Gasteiger partial charge in [-0.15, -0.1) is 0 Å². The van der Waals surface area contributed by atoms with Crippen molar-refractivity contribution in [3.05, 3.63) is 12.2 Å². The van der Waals surface area contributed by atoms with Gasteiger partial charge in [-0.1, -0.05) is 19.8 Å². The lowest BCUT2D eigenvalue weighted by molar-refractivity contribution is -0.137. The molecule has 2 fully saturated rings. The van der Waals surface area contributed by atoms with Crippen molar-refractivity contribution in [2.24, 2.45) is 17.8 Å². The molecule has 1 saturated carbocycles. The predicted molar refractivity (Wildman–Crippen MR) is 143 cm³/mol. The lowest BCUT2D eigenvalue weighted by Crippen LogP contribution is -2.42. The van der Waals surface area contributed by atoms with E-state index in [9.17, 15) is 19.8 Å². The molecule has 0 radical (unpaired) electrons. The number of hydrogen-bond acceptors (Lipinski definition) is 11. The van der Waals surface area contributed by atoms with Crippen LogP contribution in [0.2, 0.25) is 0 Å². The van der Waals surface area contributed by atoms with Crippen molar-refractivity contribution in [2.45, 2.75) is 77.4 Å². The third-order valence-corrected chi connectivity index (χ3v) is 7.10. The monoisotopic (exact) mass is 558 g/mol. The average molecular weight is 559 g/mol. The molecule has 5 N–H and O–H groups in total. The highest BCUT2D eigenvalue weighted by atomic mass is 16.7. The van der Waals surface area contributed by atoms with Crippen molar-refractivity contribution in [3.63, 3.8) is 0 Å². The van der Waals surface area contributed by atoms with Crippen LogP contribution in [0.15, 0.2) is 6.33 Å². The number of carbonyl (C=O) groups excluding carboxylic acids is 2. The fourth-order valence-corrected chi connectivity index (χ4v) is 4.90. The molecule has 0 spiro atoms. The molecule has 1 unspecified atom stereocenters. The number of fused-ring (bicyclic) bond motifs is 1. The van der Waals surface area contributed by atoms with Crippen LogP contribution in [0.3, 0.4) is 0 Å². The SMILES string of the molecule is CCNC(=O)[C@H]1O[C@@H](n2cnc3c(N)nc(C#CC[C@H]4CC[C@H](COC(=O)OCC(C)C)CC4)nc32)C(O)[C@H]1O. The molecule has 4 rings (SSSR count). The van der Waals surface area contributed by atoms with Crippen LogP contribution < -0.4 is 11.1 Å². The van der Waals surface area contributed by atoms with Crippen molar-refractivity contribution in [1.29, 1.82) is 0 Å². The van der Waals surface area contributed by atoms with Gasteiger partial charge in [0.25, 0.3) is 5.91 Å². The number of nitrogens with one attached hydrogen (secondary N) is 1. The number of likely N-dealkylation sites (N-methyl/N-ethyl adjacent to an activating group) is 1. The van der Waals surface area contributed by atoms with Crippen molar-refractivity contribution in [3.8, 4) is 11.8 Å². The molecule has 1 aliphatic carbocycles. The topological polar surface area (TPSA) is 184 Å². The highest BCUT2D eigenvalue weighted by molar-refractivity contribution is 5.83. The first-order chi connectivity index (χ1) is 19.2. The van der Waals surface area contributed by atoms with Crippen molar-refractivity contribution >= 4 is 29.0 Å². The van der Waals surface area contributed by atoms with Gasteiger partial charge in [-0.25, -0.2) is 19.7 Å². The molecule has 218 valence electrons. The summed E-state index contributed by atoms with van der Waals surface area (Å²) in [6, 6.07) is 0. The minimum atomic E-state index is -1.42. The number of anilines is 1. The molecular weight excluding hydrogens is 520 g/mol. The van der Waals surface area contributed by atoms with Gasteiger partial charge in [-0.2, -0.15) is 0 Å². The number of nitrogen functional groups attached to an aromatic ring is 1. The normalized spacial score (nSPS) is 26.4. The minimum absolute atomic E-state index is 0.119. The number of aromatic nitrogens is 4. The van der Waals surface area contributed by atoms with E-state index in [1.54, 1.807) is 6.92 Å². The first-order valence-electron chi connectivity index (χ1n) is 13.8. The number of nitrogens with zero attached hydrogens (tertiary/aromatic N) is 4. The van der Waals surface area contributed by atoms with E-state index in [2.05, 4.69) is 32.1 Å². The molecule has 40 heavy (non-hydrogen) atoms. The standard InChI is InChI=1S/C27H38N6O7/c1-4-29-25(36)22-20(34)21(35)26(40-22)33-14-30-19-23(28)31-18(32-24(19)33)7-5-6-16-8-10-17(11-9-16)13-39-27(37)38-12-15(2)3/h14-17,20-22,26,34-35H,4,6,8-13H2,1-3H3,(H,29,36)(H2,28,31,32)/t16-,17-,20-,21?,22+,26-/m1/s1. The molecule has 13 heteroatoms. The Morgan fingerprint density at radius 3 is 2.60 bits per heavy atom. The number of nitrogens with two attached hydrogens (primary N) is 1. The van der Waals surface area contributed by atoms with Crippen LogP contribution in [0.5, 0.6) is 0 Å². The largest absolute Gasteiger partial charge is 0.508 e. The van der Waals surface area contributed by atoms with E-state index in [-0.39, 0.29) is 23.2 Å². The van der Waals surface area contributed by atoms with Crippen LogP contribution in [-0.2, 0) is 19.0 Å². The van der Waals surface area contributed by atoms with Crippen molar-refractivity contribution < 1.29 is 34.0 Å². The van der Waals surface area contributed by atoms with Crippen LogP contribution in [-0.4, -0.2) is 79.9 Å². The summed E-state index contributed by atoms with van der Waals surface area (Å²) in [5, 5.41) is 23.5. The van der Waals surface area contributed by atoms with Gasteiger partial charge in [0.2, 0.25) is 5.82 Å². The molecule has 0 bridgehead atoms. The Bertz CT molecular complexity index is 1250. The smallest absolute Gasteiger partial charge is 0.434 e. The first-order valence-corrected chi connectivity index (χ1v) is 13.8. The average Bonchev–Trinajstić information content (AvgIpc) is 3.48. The maximum absolute atomic E-state index is 12.2. The van der Waals surface area contributed by atoms with Crippen LogP contribution in [0, 0.1) is 29.6 Å². The Kier molecular flexibility index (Phi) is 9.78. The predicted octanol–water partition coefficient (Wildman–Crippen LogP) is 1.52. The van der Waals surface area contributed by atoms with Crippen molar-refractivity contribution in [2.75, 3.05) is 25.5 Å². The van der Waals surface area contributed by atoms with Gasteiger partial charge in [0.1, 0.15) is 17.7 Å². The number of amides is 1. The first kappa shape index (κ1) is 29.5. The summed E-state index contributed by atoms with van der Waals surface area (Å²) < 4.78 is 17.4. The second kappa shape index (κ2) is 13.3. The minimum Gasteiger partial charge on any atom is -0.434 e. The maximum atomic E-state index is 12.2.